The molecule has 80 valence electrons. The number of carbonyl (C=O) groups excluding carboxylic acids is 1. The van der Waals surface area contributed by atoms with Crippen LogP contribution in [0, 0.1) is 10.1 Å². The minimum Gasteiger partial charge on any atom is -0.368 e. The molecule has 0 radical (unpaired) electrons. The molecule has 1 heterocycles. The van der Waals surface area contributed by atoms with Crippen molar-refractivity contribution in [2.45, 2.75) is 13.0 Å². The zero-order chi connectivity index (χ0) is 11.4. The molecule has 7 nitrogen and oxygen atoms in total. The van der Waals surface area contributed by atoms with Gasteiger partial charge in [0, 0.05) is 6.20 Å². The first-order chi connectivity index (χ1) is 7.02. The van der Waals surface area contributed by atoms with Crippen LogP contribution in [-0.4, -0.2) is 21.9 Å². The van der Waals surface area contributed by atoms with Gasteiger partial charge in [0.15, 0.2) is 0 Å². The first-order valence-electron chi connectivity index (χ1n) is 4.16. The number of nitrogens with zero attached hydrogens (tertiary/aromatic N) is 2. The molecule has 1 unspecified atom stereocenters. The predicted octanol–water partition coefficient (Wildman–Crippen LogP) is 0.275. The molecule has 1 rings (SSSR count). The maximum atomic E-state index is 10.8. The predicted molar refractivity (Wildman–Crippen MR) is 53.2 cm³/mol. The van der Waals surface area contributed by atoms with Gasteiger partial charge in [-0.25, -0.2) is 0 Å². The maximum absolute atomic E-state index is 10.8. The van der Waals surface area contributed by atoms with Gasteiger partial charge in [-0.2, -0.15) is 0 Å². The van der Waals surface area contributed by atoms with Crippen molar-refractivity contribution in [2.24, 2.45) is 5.73 Å². The molecule has 1 atom stereocenters. The molecule has 1 aromatic heterocycles. The molecule has 0 aliphatic rings. The number of carbonyl (C=O) groups is 1. The third kappa shape index (κ3) is 2.63. The van der Waals surface area contributed by atoms with Crippen LogP contribution >= 0.6 is 0 Å². The fraction of sp³-hybridized carbons (Fsp3) is 0.250. The minimum atomic E-state index is -0.675. The third-order valence-electron chi connectivity index (χ3n) is 1.80. The quantitative estimate of drug-likeness (QED) is 0.547. The Balaban J connectivity index is 2.94. The van der Waals surface area contributed by atoms with Gasteiger partial charge >= 0.3 is 5.69 Å². The first-order valence-corrected chi connectivity index (χ1v) is 4.16. The topological polar surface area (TPSA) is 111 Å². The minimum absolute atomic E-state index is 0.189. The third-order valence-corrected chi connectivity index (χ3v) is 1.80. The van der Waals surface area contributed by atoms with E-state index in [1.54, 1.807) is 0 Å². The molecule has 0 aliphatic heterocycles. The highest BCUT2D eigenvalue weighted by molar-refractivity contribution is 5.83. The molecule has 1 aromatic rings. The number of aromatic nitrogens is 1. The van der Waals surface area contributed by atoms with E-state index in [0.29, 0.717) is 0 Å². The Kier molecular flexibility index (Phi) is 3.17. The molecule has 0 aliphatic carbocycles. The van der Waals surface area contributed by atoms with E-state index in [1.807, 2.05) is 0 Å². The molecule has 0 saturated heterocycles. The Hall–Kier alpha value is -2.18. The normalized spacial score (nSPS) is 11.8. The summed E-state index contributed by atoms with van der Waals surface area (Å²) in [7, 11) is 0. The largest absolute Gasteiger partial charge is 0.368 e. The number of nitrogens with two attached hydrogens (primary N) is 1. The van der Waals surface area contributed by atoms with Gasteiger partial charge in [0.25, 0.3) is 0 Å². The highest BCUT2D eigenvalue weighted by Crippen LogP contribution is 2.22. The van der Waals surface area contributed by atoms with Crippen LogP contribution in [-0.2, 0) is 4.79 Å². The summed E-state index contributed by atoms with van der Waals surface area (Å²) in [6.45, 7) is 1.52. The fourth-order valence-corrected chi connectivity index (χ4v) is 0.958. The summed E-state index contributed by atoms with van der Waals surface area (Å²) >= 11 is 0. The molecule has 0 saturated carbocycles. The van der Waals surface area contributed by atoms with Crippen molar-refractivity contribution in [2.75, 3.05) is 5.32 Å². The molecule has 0 fully saturated rings. The molecule has 7 heteroatoms. The lowest BCUT2D eigenvalue weighted by Crippen LogP contribution is -2.32. The van der Waals surface area contributed by atoms with Crippen LogP contribution in [0.25, 0.3) is 0 Å². The van der Waals surface area contributed by atoms with Crippen molar-refractivity contribution in [3.63, 3.8) is 0 Å². The second-order valence-electron chi connectivity index (χ2n) is 2.92. The number of hydrogen-bond acceptors (Lipinski definition) is 5. The first kappa shape index (κ1) is 10.9. The van der Waals surface area contributed by atoms with Gasteiger partial charge in [0.2, 0.25) is 5.91 Å². The summed E-state index contributed by atoms with van der Waals surface area (Å²) in [4.78, 5) is 24.4. The van der Waals surface area contributed by atoms with E-state index in [4.69, 9.17) is 5.73 Å². The smallest absolute Gasteiger partial charge is 0.310 e. The van der Waals surface area contributed by atoms with Gasteiger partial charge in [-0.15, -0.1) is 0 Å². The number of pyridine rings is 1. The van der Waals surface area contributed by atoms with Crippen molar-refractivity contribution in [1.82, 2.24) is 4.98 Å². The second-order valence-corrected chi connectivity index (χ2v) is 2.92. The number of anilines is 1. The Bertz CT molecular complexity index is 393. The summed E-state index contributed by atoms with van der Waals surface area (Å²) in [6.07, 6.45) is 2.50. The number of hydrogen-bond donors (Lipinski definition) is 2. The van der Waals surface area contributed by atoms with Crippen LogP contribution in [0.1, 0.15) is 6.92 Å². The van der Waals surface area contributed by atoms with Crippen molar-refractivity contribution < 1.29 is 9.72 Å². The number of amides is 1. The summed E-state index contributed by atoms with van der Waals surface area (Å²) in [6, 6.07) is 0.739. The molecule has 3 N–H and O–H groups in total. The molecular weight excluding hydrogens is 200 g/mol. The lowest BCUT2D eigenvalue weighted by molar-refractivity contribution is -0.384. The van der Waals surface area contributed by atoms with Crippen LogP contribution in [0.3, 0.4) is 0 Å². The molecule has 15 heavy (non-hydrogen) atoms. The fourth-order valence-electron chi connectivity index (χ4n) is 0.958. The van der Waals surface area contributed by atoms with Gasteiger partial charge in [-0.3, -0.25) is 19.9 Å². The number of rotatable bonds is 4. The van der Waals surface area contributed by atoms with Gasteiger partial charge in [-0.1, -0.05) is 0 Å². The van der Waals surface area contributed by atoms with Crippen molar-refractivity contribution in [3.05, 3.63) is 28.6 Å². The van der Waals surface area contributed by atoms with Crippen molar-refractivity contribution >= 4 is 17.3 Å². The Morgan fingerprint density at radius 3 is 2.93 bits per heavy atom. The zero-order valence-electron chi connectivity index (χ0n) is 8.01. The lowest BCUT2D eigenvalue weighted by atomic mass is 10.2. The molecule has 0 aromatic carbocycles. The Labute approximate surface area is 85.5 Å². The molecule has 1 amide bonds. The second kappa shape index (κ2) is 4.36. The average Bonchev–Trinajstić information content (AvgIpc) is 2.18. The lowest BCUT2D eigenvalue weighted by Gasteiger charge is -2.10. The van der Waals surface area contributed by atoms with E-state index in [-0.39, 0.29) is 11.4 Å². The summed E-state index contributed by atoms with van der Waals surface area (Å²) in [5, 5.41) is 13.2. The number of primary amides is 1. The van der Waals surface area contributed by atoms with E-state index >= 15 is 0 Å². The SMILES string of the molecule is CC(Nc1ccncc1[N+](=O)[O-])C(N)=O. The van der Waals surface area contributed by atoms with Gasteiger partial charge in [-0.05, 0) is 13.0 Å². The van der Waals surface area contributed by atoms with E-state index in [0.717, 1.165) is 6.20 Å². The van der Waals surface area contributed by atoms with E-state index in [2.05, 4.69) is 10.3 Å². The Morgan fingerprint density at radius 1 is 1.73 bits per heavy atom. The highest BCUT2D eigenvalue weighted by Gasteiger charge is 2.16. The number of nitro groups is 1. The Morgan fingerprint density at radius 2 is 2.40 bits per heavy atom. The van der Waals surface area contributed by atoms with Gasteiger partial charge < -0.3 is 11.1 Å². The monoisotopic (exact) mass is 210 g/mol. The van der Waals surface area contributed by atoms with Gasteiger partial charge in [0.1, 0.15) is 17.9 Å². The highest BCUT2D eigenvalue weighted by atomic mass is 16.6. The molecular formula is C8H10N4O3. The molecule has 0 bridgehead atoms. The standard InChI is InChI=1S/C8H10N4O3/c1-5(8(9)13)11-6-2-3-10-4-7(6)12(14)15/h2-5H,1H3,(H2,9,13)(H,10,11). The van der Waals surface area contributed by atoms with Crippen LogP contribution in [0.15, 0.2) is 18.5 Å². The average molecular weight is 210 g/mol. The van der Waals surface area contributed by atoms with E-state index < -0.39 is 16.9 Å². The van der Waals surface area contributed by atoms with Crippen molar-refractivity contribution in [1.29, 1.82) is 0 Å². The van der Waals surface area contributed by atoms with E-state index in [1.165, 1.54) is 19.2 Å². The van der Waals surface area contributed by atoms with Crippen molar-refractivity contribution in [3.8, 4) is 0 Å². The summed E-state index contributed by atoms with van der Waals surface area (Å²) in [5.41, 5.74) is 5.06. The van der Waals surface area contributed by atoms with Crippen LogP contribution in [0.5, 0.6) is 0 Å². The maximum Gasteiger partial charge on any atom is 0.310 e. The van der Waals surface area contributed by atoms with Crippen LogP contribution in [0.2, 0.25) is 0 Å². The summed E-state index contributed by atoms with van der Waals surface area (Å²) < 4.78 is 0. The number of nitrogens with one attached hydrogen (secondary N) is 1. The van der Waals surface area contributed by atoms with Crippen LogP contribution < -0.4 is 11.1 Å². The zero-order valence-corrected chi connectivity index (χ0v) is 8.01. The van der Waals surface area contributed by atoms with Crippen LogP contribution in [0.4, 0.5) is 11.4 Å². The molecule has 0 spiro atoms. The van der Waals surface area contributed by atoms with E-state index in [9.17, 15) is 14.9 Å². The van der Waals surface area contributed by atoms with Gasteiger partial charge in [0.05, 0.1) is 4.92 Å². The summed E-state index contributed by atoms with van der Waals surface area (Å²) in [5.74, 6) is -0.582.